The lowest BCUT2D eigenvalue weighted by Crippen LogP contribution is -2.27. The van der Waals surface area contributed by atoms with Crippen molar-refractivity contribution < 1.29 is 8.42 Å². The summed E-state index contributed by atoms with van der Waals surface area (Å²) in [6.07, 6.45) is 3.32. The average Bonchev–Trinajstić information content (AvgIpc) is 2.88. The number of fused-ring (bicyclic) bond motifs is 1. The molecule has 1 aromatic heterocycles. The van der Waals surface area contributed by atoms with Gasteiger partial charge in [-0.2, -0.15) is 18.8 Å². The first-order chi connectivity index (χ1) is 11.6. The molecule has 1 aliphatic heterocycles. The van der Waals surface area contributed by atoms with Gasteiger partial charge in [0.25, 0.3) is 10.0 Å². The van der Waals surface area contributed by atoms with E-state index < -0.39 is 10.0 Å². The second-order valence-corrected chi connectivity index (χ2v) is 6.49. The highest BCUT2D eigenvalue weighted by Crippen LogP contribution is 2.27. The van der Waals surface area contributed by atoms with Crippen LogP contribution in [0.25, 0.3) is 0 Å². The minimum absolute atomic E-state index is 0.148. The maximum Gasteiger partial charge on any atom is 0.285 e. The van der Waals surface area contributed by atoms with E-state index in [9.17, 15) is 8.42 Å². The predicted octanol–water partition coefficient (Wildman–Crippen LogP) is 1.78. The van der Waals surface area contributed by atoms with E-state index in [1.54, 1.807) is 36.5 Å². The van der Waals surface area contributed by atoms with E-state index in [4.69, 9.17) is 5.26 Å². The van der Waals surface area contributed by atoms with Crippen molar-refractivity contribution in [3.63, 3.8) is 0 Å². The van der Waals surface area contributed by atoms with Gasteiger partial charge in [0.2, 0.25) is 0 Å². The first-order valence-electron chi connectivity index (χ1n) is 7.16. The van der Waals surface area contributed by atoms with Crippen molar-refractivity contribution in [1.82, 2.24) is 9.99 Å². The number of pyridine rings is 1. The van der Waals surface area contributed by atoms with Crippen molar-refractivity contribution in [2.24, 2.45) is 9.50 Å². The molecule has 8 heteroatoms. The van der Waals surface area contributed by atoms with Crippen LogP contribution in [-0.4, -0.2) is 37.0 Å². The van der Waals surface area contributed by atoms with Crippen LogP contribution in [0.2, 0.25) is 0 Å². The summed E-state index contributed by atoms with van der Waals surface area (Å²) in [5, 5.41) is 14.5. The Morgan fingerprint density at radius 2 is 2.00 bits per heavy atom. The number of rotatable bonds is 4. The summed E-state index contributed by atoms with van der Waals surface area (Å²) in [6.45, 7) is 0.225. The largest absolute Gasteiger partial charge is 0.285 e. The van der Waals surface area contributed by atoms with Gasteiger partial charge in [-0.15, -0.1) is 4.40 Å². The van der Waals surface area contributed by atoms with Crippen LogP contribution < -0.4 is 0 Å². The molecule has 120 valence electrons. The van der Waals surface area contributed by atoms with Gasteiger partial charge in [-0.3, -0.25) is 4.98 Å². The van der Waals surface area contributed by atoms with Crippen LogP contribution in [0.5, 0.6) is 0 Å². The Bertz CT molecular complexity index is 946. The summed E-state index contributed by atoms with van der Waals surface area (Å²) in [6, 6.07) is 14.0. The molecule has 0 aliphatic carbocycles. The molecule has 7 nitrogen and oxygen atoms in total. The number of nitrogens with zero attached hydrogens (tertiary/aromatic N) is 5. The van der Waals surface area contributed by atoms with Crippen LogP contribution >= 0.6 is 0 Å². The number of amidine groups is 1. The molecule has 2 heterocycles. The molecule has 1 aliphatic rings. The van der Waals surface area contributed by atoms with Gasteiger partial charge in [0.1, 0.15) is 4.90 Å². The van der Waals surface area contributed by atoms with E-state index in [0.717, 1.165) is 0 Å². The average molecular weight is 339 g/mol. The van der Waals surface area contributed by atoms with Crippen LogP contribution in [0.15, 0.2) is 63.1 Å². The zero-order chi connectivity index (χ0) is 17.0. The van der Waals surface area contributed by atoms with E-state index >= 15 is 0 Å². The molecule has 0 amide bonds. The first-order valence-corrected chi connectivity index (χ1v) is 8.60. The summed E-state index contributed by atoms with van der Waals surface area (Å²) >= 11 is 0. The van der Waals surface area contributed by atoms with E-state index in [1.165, 1.54) is 17.3 Å². The molecule has 0 fully saturated rings. The minimum atomic E-state index is -3.73. The lowest BCUT2D eigenvalue weighted by Gasteiger charge is -2.17. The van der Waals surface area contributed by atoms with Crippen LogP contribution in [0.4, 0.5) is 0 Å². The van der Waals surface area contributed by atoms with Gasteiger partial charge in [0, 0.05) is 11.8 Å². The Hall–Kier alpha value is -3.05. The summed E-state index contributed by atoms with van der Waals surface area (Å²) in [4.78, 5) is 4.28. The fraction of sp³-hybridized carbons (Fsp3) is 0.125. The van der Waals surface area contributed by atoms with Gasteiger partial charge in [0.15, 0.2) is 5.84 Å². The Labute approximate surface area is 139 Å². The molecule has 0 radical (unpaired) electrons. The zero-order valence-corrected chi connectivity index (χ0v) is 13.4. The number of hydrogen-bond acceptors (Lipinski definition) is 6. The molecular formula is C16H13N5O2S. The quantitative estimate of drug-likeness (QED) is 0.624. The van der Waals surface area contributed by atoms with Gasteiger partial charge in [-0.25, -0.2) is 5.01 Å². The second-order valence-electron chi connectivity index (χ2n) is 4.92. The van der Waals surface area contributed by atoms with Crippen molar-refractivity contribution in [3.05, 3.63) is 59.9 Å². The maximum atomic E-state index is 12.2. The molecule has 24 heavy (non-hydrogen) atoms. The van der Waals surface area contributed by atoms with Crippen molar-refractivity contribution in [2.75, 3.05) is 6.54 Å². The highest BCUT2D eigenvalue weighted by atomic mass is 32.2. The molecular weight excluding hydrogens is 326 g/mol. The van der Waals surface area contributed by atoms with E-state index in [0.29, 0.717) is 11.3 Å². The van der Waals surface area contributed by atoms with Crippen molar-refractivity contribution >= 4 is 22.1 Å². The molecule has 2 aromatic rings. The standard InChI is InChI=1S/C16H13N5O2S/c17-9-5-11-21(19-12-13-6-3-4-10-18-13)16-14-7-1-2-8-15(14)24(22,23)20-16/h1-4,6-8,10,12H,5,11H2. The van der Waals surface area contributed by atoms with E-state index in [1.807, 2.05) is 12.1 Å². The second kappa shape index (κ2) is 6.60. The van der Waals surface area contributed by atoms with Crippen molar-refractivity contribution in [1.29, 1.82) is 5.26 Å². The molecule has 0 N–H and O–H groups in total. The number of aromatic nitrogens is 1. The molecule has 0 spiro atoms. The predicted molar refractivity (Wildman–Crippen MR) is 88.9 cm³/mol. The number of hydrazone groups is 1. The number of nitriles is 1. The van der Waals surface area contributed by atoms with E-state index in [2.05, 4.69) is 14.5 Å². The number of sulfonamides is 1. The van der Waals surface area contributed by atoms with Gasteiger partial charge in [0.05, 0.1) is 30.9 Å². The lowest BCUT2D eigenvalue weighted by atomic mass is 10.2. The third-order valence-electron chi connectivity index (χ3n) is 3.31. The number of hydrogen-bond donors (Lipinski definition) is 0. The van der Waals surface area contributed by atoms with Crippen LogP contribution in [-0.2, 0) is 10.0 Å². The minimum Gasteiger partial charge on any atom is -0.255 e. The van der Waals surface area contributed by atoms with Gasteiger partial charge >= 0.3 is 0 Å². The Morgan fingerprint density at radius 1 is 1.21 bits per heavy atom. The molecule has 0 unspecified atom stereocenters. The number of benzene rings is 1. The first kappa shape index (κ1) is 15.8. The SMILES string of the molecule is N#CCCN(N=Cc1ccccn1)C1=NS(=O)(=O)c2ccccc21. The molecule has 0 saturated carbocycles. The highest BCUT2D eigenvalue weighted by molar-refractivity contribution is 7.90. The van der Waals surface area contributed by atoms with Crippen molar-refractivity contribution in [3.8, 4) is 6.07 Å². The summed E-state index contributed by atoms with van der Waals surface area (Å²) < 4.78 is 28.2. The third kappa shape index (κ3) is 3.16. The summed E-state index contributed by atoms with van der Waals surface area (Å²) in [7, 11) is -3.73. The highest BCUT2D eigenvalue weighted by Gasteiger charge is 2.31. The normalized spacial score (nSPS) is 14.9. The summed E-state index contributed by atoms with van der Waals surface area (Å²) in [5.41, 5.74) is 1.10. The topological polar surface area (TPSA) is 98.8 Å². The Kier molecular flexibility index (Phi) is 4.35. The molecule has 1 aromatic carbocycles. The Morgan fingerprint density at radius 3 is 2.75 bits per heavy atom. The third-order valence-corrected chi connectivity index (χ3v) is 4.63. The van der Waals surface area contributed by atoms with Crippen molar-refractivity contribution in [2.45, 2.75) is 11.3 Å². The van der Waals surface area contributed by atoms with Gasteiger partial charge in [-0.05, 0) is 24.3 Å². The fourth-order valence-corrected chi connectivity index (χ4v) is 3.44. The lowest BCUT2D eigenvalue weighted by molar-refractivity contribution is 0.459. The molecule has 0 saturated heterocycles. The summed E-state index contributed by atoms with van der Waals surface area (Å²) in [5.74, 6) is 0.216. The Balaban J connectivity index is 1.98. The van der Waals surface area contributed by atoms with E-state index in [-0.39, 0.29) is 23.7 Å². The maximum absolute atomic E-state index is 12.2. The van der Waals surface area contributed by atoms with Gasteiger partial charge in [-0.1, -0.05) is 18.2 Å². The van der Waals surface area contributed by atoms with Crippen LogP contribution in [0.3, 0.4) is 0 Å². The molecule has 0 bridgehead atoms. The monoisotopic (exact) mass is 339 g/mol. The van der Waals surface area contributed by atoms with Crippen LogP contribution in [0, 0.1) is 11.3 Å². The van der Waals surface area contributed by atoms with Gasteiger partial charge < -0.3 is 0 Å². The van der Waals surface area contributed by atoms with Crippen LogP contribution in [0.1, 0.15) is 17.7 Å². The zero-order valence-electron chi connectivity index (χ0n) is 12.6. The molecule has 3 rings (SSSR count). The molecule has 0 atom stereocenters. The smallest absolute Gasteiger partial charge is 0.255 e. The fourth-order valence-electron chi connectivity index (χ4n) is 2.23.